The van der Waals surface area contributed by atoms with E-state index in [1.807, 2.05) is 0 Å². The maximum absolute atomic E-state index is 10.5. The van der Waals surface area contributed by atoms with Crippen LogP contribution in [0.4, 0.5) is 0 Å². The number of fused-ring (bicyclic) bond motifs is 1. The number of carboxylic acid groups (broad SMARTS) is 1. The third kappa shape index (κ3) is 1.03. The number of ether oxygens (including phenoxy) is 1. The predicted octanol–water partition coefficient (Wildman–Crippen LogP) is -1.56. The van der Waals surface area contributed by atoms with Crippen LogP contribution >= 0.6 is 0 Å². The molecule has 0 aliphatic carbocycles. The molecule has 12 heavy (non-hydrogen) atoms. The molecule has 0 spiro atoms. The van der Waals surface area contributed by atoms with Crippen LogP contribution in [0.3, 0.4) is 0 Å². The lowest BCUT2D eigenvalue weighted by atomic mass is 9.96. The molecule has 5 atom stereocenters. The van der Waals surface area contributed by atoms with Gasteiger partial charge in [0.1, 0.15) is 13.4 Å². The molecule has 6 heteroatoms. The zero-order valence-corrected chi connectivity index (χ0v) is 6.12. The van der Waals surface area contributed by atoms with Crippen LogP contribution < -0.4 is 0 Å². The van der Waals surface area contributed by atoms with E-state index in [1.165, 1.54) is 0 Å². The first-order chi connectivity index (χ1) is 5.61. The fourth-order valence-electron chi connectivity index (χ4n) is 1.57. The summed E-state index contributed by atoms with van der Waals surface area (Å²) in [6.45, 7) is 0. The van der Waals surface area contributed by atoms with Crippen molar-refractivity contribution in [3.8, 4) is 0 Å². The molecule has 65 valence electrons. The minimum absolute atomic E-state index is 0.213. The fourth-order valence-corrected chi connectivity index (χ4v) is 1.57. The van der Waals surface area contributed by atoms with Gasteiger partial charge in [0.2, 0.25) is 0 Å². The average Bonchev–Trinajstić information content (AvgIpc) is 2.75. The van der Waals surface area contributed by atoms with Gasteiger partial charge >= 0.3 is 5.97 Å². The molecule has 2 unspecified atom stereocenters. The monoisotopic (exact) mass is 171 g/mol. The number of hydrogen-bond donors (Lipinski definition) is 3. The summed E-state index contributed by atoms with van der Waals surface area (Å²) >= 11 is 0. The first kappa shape index (κ1) is 8.03. The van der Waals surface area contributed by atoms with Crippen LogP contribution in [0, 0.1) is 0 Å². The molecule has 3 N–H and O–H groups in total. The molecule has 0 aromatic rings. The van der Waals surface area contributed by atoms with E-state index in [1.54, 1.807) is 7.28 Å². The van der Waals surface area contributed by atoms with Crippen molar-refractivity contribution in [2.45, 2.75) is 30.1 Å². The second-order valence-corrected chi connectivity index (χ2v) is 3.12. The van der Waals surface area contributed by atoms with E-state index >= 15 is 0 Å². The smallest absolute Gasteiger partial charge is 0.332 e. The summed E-state index contributed by atoms with van der Waals surface area (Å²) in [6, 6.07) is 0. The highest BCUT2D eigenvalue weighted by atomic mass is 16.6. The Labute approximate surface area is 69.2 Å². The Morgan fingerprint density at radius 1 is 1.33 bits per heavy atom. The van der Waals surface area contributed by atoms with Gasteiger partial charge in [-0.15, -0.1) is 0 Å². The standard InChI is InChI=1S/C6H8BO5/c8-3-1-2(7-1)4(5(9)10)12-6(3)11/h1-4,6,8,11H,(H,9,10)/t1?,2-,3-,4?,6+/m0/s1. The van der Waals surface area contributed by atoms with Crippen LogP contribution in [0.1, 0.15) is 0 Å². The van der Waals surface area contributed by atoms with Gasteiger partial charge in [0, 0.05) is 0 Å². The first-order valence-corrected chi connectivity index (χ1v) is 3.70. The van der Waals surface area contributed by atoms with Gasteiger partial charge in [-0.05, 0) is 11.6 Å². The molecule has 0 bridgehead atoms. The van der Waals surface area contributed by atoms with Crippen molar-refractivity contribution in [3.05, 3.63) is 0 Å². The van der Waals surface area contributed by atoms with Crippen molar-refractivity contribution >= 4 is 13.2 Å². The number of aliphatic hydroxyl groups is 2. The van der Waals surface area contributed by atoms with Crippen LogP contribution in [0.15, 0.2) is 0 Å². The number of carbonyl (C=O) groups is 1. The maximum atomic E-state index is 10.5. The highest BCUT2D eigenvalue weighted by molar-refractivity contribution is 6.55. The molecule has 2 aliphatic heterocycles. The van der Waals surface area contributed by atoms with Crippen LogP contribution in [0.25, 0.3) is 0 Å². The zero-order chi connectivity index (χ0) is 8.88. The van der Waals surface area contributed by atoms with E-state index in [4.69, 9.17) is 10.2 Å². The van der Waals surface area contributed by atoms with Crippen molar-refractivity contribution in [3.63, 3.8) is 0 Å². The molecule has 0 saturated carbocycles. The van der Waals surface area contributed by atoms with Crippen molar-refractivity contribution in [1.82, 2.24) is 0 Å². The minimum atomic E-state index is -1.37. The molecule has 0 aromatic heterocycles. The summed E-state index contributed by atoms with van der Waals surface area (Å²) in [5.74, 6) is -1.54. The Hall–Kier alpha value is -0.585. The summed E-state index contributed by atoms with van der Waals surface area (Å²) in [5.41, 5.74) is 0. The fraction of sp³-hybridized carbons (Fsp3) is 0.833. The van der Waals surface area contributed by atoms with Gasteiger partial charge in [0.15, 0.2) is 12.4 Å². The molecular weight excluding hydrogens is 163 g/mol. The molecule has 2 aliphatic rings. The lowest BCUT2D eigenvalue weighted by Crippen LogP contribution is -2.40. The Balaban J connectivity index is 2.08. The van der Waals surface area contributed by atoms with E-state index < -0.39 is 24.5 Å². The molecule has 2 heterocycles. The quantitative estimate of drug-likeness (QED) is 0.415. The predicted molar refractivity (Wildman–Crippen MR) is 37.8 cm³/mol. The second-order valence-electron chi connectivity index (χ2n) is 3.12. The Bertz CT molecular complexity index is 218. The van der Waals surface area contributed by atoms with E-state index in [2.05, 4.69) is 4.74 Å². The lowest BCUT2D eigenvalue weighted by molar-refractivity contribution is -0.213. The van der Waals surface area contributed by atoms with E-state index in [0.717, 1.165) is 0 Å². The molecule has 2 saturated heterocycles. The number of rotatable bonds is 1. The summed E-state index contributed by atoms with van der Waals surface area (Å²) in [7, 11) is 1.68. The Morgan fingerprint density at radius 3 is 2.58 bits per heavy atom. The van der Waals surface area contributed by atoms with Gasteiger partial charge in [-0.1, -0.05) is 0 Å². The van der Waals surface area contributed by atoms with Crippen molar-refractivity contribution in [2.24, 2.45) is 0 Å². The molecule has 2 fully saturated rings. The highest BCUT2D eigenvalue weighted by Crippen LogP contribution is 2.52. The van der Waals surface area contributed by atoms with Gasteiger partial charge in [-0.2, -0.15) is 0 Å². The van der Waals surface area contributed by atoms with Crippen LogP contribution in [-0.4, -0.2) is 47.1 Å². The Morgan fingerprint density at radius 2 is 2.00 bits per heavy atom. The van der Waals surface area contributed by atoms with Crippen molar-refractivity contribution in [1.29, 1.82) is 0 Å². The normalized spacial score (nSPS) is 50.7. The third-order valence-electron chi connectivity index (χ3n) is 2.31. The number of aliphatic hydroxyl groups excluding tert-OH is 2. The third-order valence-corrected chi connectivity index (χ3v) is 2.31. The van der Waals surface area contributed by atoms with Gasteiger partial charge in [0.25, 0.3) is 0 Å². The van der Waals surface area contributed by atoms with Crippen molar-refractivity contribution < 1.29 is 24.9 Å². The number of hydrogen-bond acceptors (Lipinski definition) is 4. The Kier molecular flexibility index (Phi) is 1.64. The average molecular weight is 171 g/mol. The zero-order valence-electron chi connectivity index (χ0n) is 6.12. The van der Waals surface area contributed by atoms with E-state index in [9.17, 15) is 9.90 Å². The summed E-state index contributed by atoms with van der Waals surface area (Å²) < 4.78 is 4.69. The molecule has 0 amide bonds. The summed E-state index contributed by atoms with van der Waals surface area (Å²) in [5, 5.41) is 26.8. The maximum Gasteiger partial charge on any atom is 0.332 e. The lowest BCUT2D eigenvalue weighted by Gasteiger charge is -2.28. The van der Waals surface area contributed by atoms with Crippen molar-refractivity contribution in [2.75, 3.05) is 0 Å². The highest BCUT2D eigenvalue weighted by Gasteiger charge is 2.57. The summed E-state index contributed by atoms with van der Waals surface area (Å²) in [6.07, 6.45) is -3.33. The van der Waals surface area contributed by atoms with Crippen LogP contribution in [0.2, 0.25) is 11.6 Å². The molecule has 1 radical (unpaired) electrons. The van der Waals surface area contributed by atoms with Gasteiger partial charge in [0.05, 0.1) is 0 Å². The number of carboxylic acids is 1. The summed E-state index contributed by atoms with van der Waals surface area (Å²) in [4.78, 5) is 10.5. The topological polar surface area (TPSA) is 87.0 Å². The molecule has 0 aromatic carbocycles. The van der Waals surface area contributed by atoms with Crippen LogP contribution in [0.5, 0.6) is 0 Å². The minimum Gasteiger partial charge on any atom is -0.479 e. The molecule has 5 nitrogen and oxygen atoms in total. The molecular formula is C6H8BO5. The first-order valence-electron chi connectivity index (χ1n) is 3.70. The second kappa shape index (κ2) is 2.45. The van der Waals surface area contributed by atoms with Gasteiger partial charge in [-0.25, -0.2) is 4.79 Å². The SMILES string of the molecule is O=C(O)C1O[C@@H](O)[C@@H](O)C2[B][C@H]12. The van der Waals surface area contributed by atoms with E-state index in [0.29, 0.717) is 0 Å². The number of aliphatic carboxylic acids is 1. The largest absolute Gasteiger partial charge is 0.479 e. The van der Waals surface area contributed by atoms with E-state index in [-0.39, 0.29) is 11.6 Å². The van der Waals surface area contributed by atoms with Gasteiger partial charge in [-0.3, -0.25) is 0 Å². The van der Waals surface area contributed by atoms with Gasteiger partial charge < -0.3 is 20.1 Å². The van der Waals surface area contributed by atoms with Crippen LogP contribution in [-0.2, 0) is 9.53 Å². The molecule has 2 rings (SSSR count).